The second kappa shape index (κ2) is 1.78. The quantitative estimate of drug-likeness (QED) is 0.634. The van der Waals surface area contributed by atoms with E-state index in [0.717, 1.165) is 4.60 Å². The molecule has 0 saturated carbocycles. The molecule has 0 unspecified atom stereocenters. The van der Waals surface area contributed by atoms with Crippen molar-refractivity contribution in [1.29, 1.82) is 0 Å². The summed E-state index contributed by atoms with van der Waals surface area (Å²) in [6.07, 6.45) is 0. The Morgan fingerprint density at radius 2 is 2.50 bits per heavy atom. The maximum absolute atomic E-state index is 5.41. The molecule has 1 heterocycles. The number of nitrogens with zero attached hydrogens (tertiary/aromatic N) is 2. The van der Waals surface area contributed by atoms with Crippen LogP contribution in [0.2, 0.25) is 0 Å². The Hall–Kier alpha value is -0.510. The van der Waals surface area contributed by atoms with Gasteiger partial charge in [0.15, 0.2) is 0 Å². The molecule has 0 aliphatic rings. The number of rotatable bonds is 0. The summed E-state index contributed by atoms with van der Waals surface area (Å²) in [5.41, 5.74) is 5.41. The molecule has 0 aliphatic carbocycles. The highest BCUT2D eigenvalue weighted by atomic mass is 79.9. The van der Waals surface area contributed by atoms with Crippen molar-refractivity contribution in [2.24, 2.45) is 7.05 Å². The van der Waals surface area contributed by atoms with Gasteiger partial charge in [-0.1, -0.05) is 0 Å². The molecule has 0 atom stereocenters. The third kappa shape index (κ3) is 0.838. The van der Waals surface area contributed by atoms with Crippen LogP contribution in [0.15, 0.2) is 10.7 Å². The van der Waals surface area contributed by atoms with Crippen LogP contribution in [0, 0.1) is 0 Å². The molecule has 1 rings (SSSR count). The monoisotopic (exact) mass is 175 g/mol. The van der Waals surface area contributed by atoms with Crippen LogP contribution in [0.25, 0.3) is 0 Å². The van der Waals surface area contributed by atoms with E-state index in [1.54, 1.807) is 17.8 Å². The number of hydrogen-bond acceptors (Lipinski definition) is 2. The number of nitrogens with two attached hydrogens (primary N) is 1. The van der Waals surface area contributed by atoms with E-state index in [1.807, 2.05) is 0 Å². The number of aromatic nitrogens is 2. The van der Waals surface area contributed by atoms with Gasteiger partial charge in [0.1, 0.15) is 10.4 Å². The second-order valence-electron chi connectivity index (χ2n) is 1.52. The smallest absolute Gasteiger partial charge is 0.130 e. The van der Waals surface area contributed by atoms with Gasteiger partial charge < -0.3 is 5.73 Å². The topological polar surface area (TPSA) is 43.8 Å². The molecular weight excluding hydrogens is 170 g/mol. The van der Waals surface area contributed by atoms with Crippen LogP contribution in [-0.4, -0.2) is 9.78 Å². The lowest BCUT2D eigenvalue weighted by molar-refractivity contribution is 0.771. The van der Waals surface area contributed by atoms with E-state index in [1.165, 1.54) is 0 Å². The van der Waals surface area contributed by atoms with E-state index in [9.17, 15) is 0 Å². The van der Waals surface area contributed by atoms with Gasteiger partial charge in [-0.2, -0.15) is 5.10 Å². The first-order chi connectivity index (χ1) is 3.70. The molecule has 2 N–H and O–H groups in total. The van der Waals surface area contributed by atoms with E-state index in [0.29, 0.717) is 5.82 Å². The van der Waals surface area contributed by atoms with Crippen molar-refractivity contribution in [3.8, 4) is 0 Å². The van der Waals surface area contributed by atoms with Crippen LogP contribution in [0.1, 0.15) is 0 Å². The minimum Gasteiger partial charge on any atom is -0.384 e. The number of hydrogen-bond donors (Lipinski definition) is 1. The second-order valence-corrected chi connectivity index (χ2v) is 2.33. The molecule has 0 amide bonds. The Kier molecular flexibility index (Phi) is 1.25. The maximum Gasteiger partial charge on any atom is 0.130 e. The molecule has 1 aromatic rings. The molecule has 0 spiro atoms. The van der Waals surface area contributed by atoms with Gasteiger partial charge in [-0.15, -0.1) is 0 Å². The fourth-order valence-corrected chi connectivity index (χ4v) is 0.918. The Morgan fingerprint density at radius 3 is 2.62 bits per heavy atom. The molecule has 4 heteroatoms. The Morgan fingerprint density at radius 1 is 1.88 bits per heavy atom. The van der Waals surface area contributed by atoms with Crippen molar-refractivity contribution in [2.45, 2.75) is 0 Å². The molecule has 0 bridgehead atoms. The molecular formula is C4H6BrN3. The van der Waals surface area contributed by atoms with Crippen LogP contribution in [0.4, 0.5) is 5.82 Å². The van der Waals surface area contributed by atoms with E-state index in [-0.39, 0.29) is 0 Å². The molecule has 0 radical (unpaired) electrons. The van der Waals surface area contributed by atoms with Crippen LogP contribution >= 0.6 is 15.9 Å². The summed E-state index contributed by atoms with van der Waals surface area (Å²) in [7, 11) is 1.79. The summed E-state index contributed by atoms with van der Waals surface area (Å²) < 4.78 is 2.38. The lowest BCUT2D eigenvalue weighted by atomic mass is 10.7. The number of aryl methyl sites for hydroxylation is 1. The zero-order valence-electron chi connectivity index (χ0n) is 4.43. The van der Waals surface area contributed by atoms with Gasteiger partial charge in [-0.3, -0.25) is 4.68 Å². The van der Waals surface area contributed by atoms with Gasteiger partial charge in [0.05, 0.1) is 0 Å². The maximum atomic E-state index is 5.41. The highest BCUT2D eigenvalue weighted by Crippen LogP contribution is 2.09. The third-order valence-corrected chi connectivity index (χ3v) is 1.27. The molecule has 0 fully saturated rings. The first kappa shape index (κ1) is 5.62. The molecule has 0 aromatic carbocycles. The standard InChI is InChI=1S/C4H6BrN3/c1-8-4(6)2-3(5)7-8/h2H,6H2,1H3. The molecule has 0 aliphatic heterocycles. The van der Waals surface area contributed by atoms with Crippen LogP contribution < -0.4 is 5.73 Å². The zero-order valence-corrected chi connectivity index (χ0v) is 6.01. The van der Waals surface area contributed by atoms with Crippen LogP contribution in [0.5, 0.6) is 0 Å². The number of nitrogen functional groups attached to an aromatic ring is 1. The normalized spacial score (nSPS) is 9.75. The fraction of sp³-hybridized carbons (Fsp3) is 0.250. The SMILES string of the molecule is Cn1nc(Br)cc1N. The van der Waals surface area contributed by atoms with Gasteiger partial charge in [0.25, 0.3) is 0 Å². The summed E-state index contributed by atoms with van der Waals surface area (Å²) in [5, 5.41) is 3.92. The fourth-order valence-electron chi connectivity index (χ4n) is 0.445. The Bertz CT molecular complexity index is 174. The number of halogens is 1. The van der Waals surface area contributed by atoms with Gasteiger partial charge in [0.2, 0.25) is 0 Å². The lowest BCUT2D eigenvalue weighted by Crippen LogP contribution is -1.96. The first-order valence-corrected chi connectivity index (χ1v) is 2.94. The molecule has 0 saturated heterocycles. The largest absolute Gasteiger partial charge is 0.384 e. The van der Waals surface area contributed by atoms with E-state index >= 15 is 0 Å². The molecule has 3 nitrogen and oxygen atoms in total. The summed E-state index contributed by atoms with van der Waals surface area (Å²) in [4.78, 5) is 0. The third-order valence-electron chi connectivity index (χ3n) is 0.886. The highest BCUT2D eigenvalue weighted by Gasteiger charge is 1.94. The van der Waals surface area contributed by atoms with E-state index in [2.05, 4.69) is 21.0 Å². The predicted molar refractivity (Wildman–Crippen MR) is 35.3 cm³/mol. The van der Waals surface area contributed by atoms with Gasteiger partial charge in [0, 0.05) is 13.1 Å². The number of anilines is 1. The van der Waals surface area contributed by atoms with Crippen molar-refractivity contribution in [2.75, 3.05) is 5.73 Å². The predicted octanol–water partition coefficient (Wildman–Crippen LogP) is 0.765. The Labute approximate surface area is 55.6 Å². The minimum atomic E-state index is 0.664. The van der Waals surface area contributed by atoms with Crippen LogP contribution in [-0.2, 0) is 7.05 Å². The Balaban J connectivity index is 3.14. The molecule has 44 valence electrons. The van der Waals surface area contributed by atoms with Crippen molar-refractivity contribution in [1.82, 2.24) is 9.78 Å². The summed E-state index contributed by atoms with van der Waals surface area (Å²) in [6.45, 7) is 0. The van der Waals surface area contributed by atoms with E-state index < -0.39 is 0 Å². The molecule has 8 heavy (non-hydrogen) atoms. The van der Waals surface area contributed by atoms with Crippen LogP contribution in [0.3, 0.4) is 0 Å². The average molecular weight is 176 g/mol. The average Bonchev–Trinajstić information content (AvgIpc) is 1.85. The van der Waals surface area contributed by atoms with Crippen molar-refractivity contribution < 1.29 is 0 Å². The van der Waals surface area contributed by atoms with Gasteiger partial charge in [-0.25, -0.2) is 0 Å². The van der Waals surface area contributed by atoms with Crippen molar-refractivity contribution >= 4 is 21.7 Å². The lowest BCUT2D eigenvalue weighted by Gasteiger charge is -1.87. The summed E-state index contributed by atoms with van der Waals surface area (Å²) in [5.74, 6) is 0.664. The minimum absolute atomic E-state index is 0.664. The first-order valence-electron chi connectivity index (χ1n) is 2.15. The summed E-state index contributed by atoms with van der Waals surface area (Å²) >= 11 is 3.17. The van der Waals surface area contributed by atoms with Gasteiger partial charge >= 0.3 is 0 Å². The molecule has 1 aromatic heterocycles. The van der Waals surface area contributed by atoms with Crippen molar-refractivity contribution in [3.63, 3.8) is 0 Å². The van der Waals surface area contributed by atoms with Crippen molar-refractivity contribution in [3.05, 3.63) is 10.7 Å². The van der Waals surface area contributed by atoms with E-state index in [4.69, 9.17) is 5.73 Å². The highest BCUT2D eigenvalue weighted by molar-refractivity contribution is 9.10. The van der Waals surface area contributed by atoms with Gasteiger partial charge in [-0.05, 0) is 15.9 Å². The zero-order chi connectivity index (χ0) is 6.15. The summed E-state index contributed by atoms with van der Waals surface area (Å²) in [6, 6.07) is 1.75.